The normalized spacial score (nSPS) is 10.7. The number of ether oxygens (including phenoxy) is 1. The van der Waals surface area contributed by atoms with Crippen molar-refractivity contribution in [2.45, 2.75) is 25.8 Å². The van der Waals surface area contributed by atoms with E-state index in [9.17, 15) is 4.79 Å². The lowest BCUT2D eigenvalue weighted by molar-refractivity contribution is -0.116. The van der Waals surface area contributed by atoms with Crippen LogP contribution in [0, 0.1) is 0 Å². The van der Waals surface area contributed by atoms with E-state index < -0.39 is 0 Å². The molecule has 1 N–H and O–H groups in total. The Kier molecular flexibility index (Phi) is 6.85. The molecular weight excluding hydrogens is 414 g/mol. The summed E-state index contributed by atoms with van der Waals surface area (Å²) in [6, 6.07) is 13.5. The van der Waals surface area contributed by atoms with Crippen LogP contribution in [0.2, 0.25) is 0 Å². The van der Waals surface area contributed by atoms with Crippen LogP contribution in [0.3, 0.4) is 0 Å². The van der Waals surface area contributed by atoms with Crippen molar-refractivity contribution in [1.29, 1.82) is 0 Å². The van der Waals surface area contributed by atoms with E-state index >= 15 is 0 Å². The van der Waals surface area contributed by atoms with Crippen LogP contribution in [0.25, 0.3) is 0 Å². The topological polar surface area (TPSA) is 56.1 Å². The zero-order valence-electron chi connectivity index (χ0n) is 14.2. The zero-order valence-corrected chi connectivity index (χ0v) is 16.6. The molecular formula is C19H20BrN3O2S. The largest absolute Gasteiger partial charge is 0.492 e. The first-order valence-electron chi connectivity index (χ1n) is 8.43. The number of nitrogens with zero attached hydrogens (tertiary/aromatic N) is 2. The molecule has 0 saturated heterocycles. The smallest absolute Gasteiger partial charge is 0.224 e. The first-order valence-corrected chi connectivity index (χ1v) is 10.0. The Labute approximate surface area is 165 Å². The summed E-state index contributed by atoms with van der Waals surface area (Å²) in [7, 11) is 0. The molecule has 7 heteroatoms. The predicted octanol–water partition coefficient (Wildman–Crippen LogP) is 4.75. The lowest BCUT2D eigenvalue weighted by Crippen LogP contribution is -2.12. The highest BCUT2D eigenvalue weighted by atomic mass is 79.9. The van der Waals surface area contributed by atoms with E-state index in [1.165, 1.54) is 4.88 Å². The van der Waals surface area contributed by atoms with Crippen LogP contribution in [0.15, 0.2) is 58.6 Å². The molecule has 0 saturated carbocycles. The van der Waals surface area contributed by atoms with E-state index in [1.54, 1.807) is 17.5 Å². The highest BCUT2D eigenvalue weighted by Crippen LogP contribution is 2.23. The summed E-state index contributed by atoms with van der Waals surface area (Å²) in [6.45, 7) is 1.21. The summed E-state index contributed by atoms with van der Waals surface area (Å²) in [5.41, 5.74) is 0.755. The number of carbonyl (C=O) groups excluding carboxylic acids is 1. The molecule has 0 aliphatic rings. The van der Waals surface area contributed by atoms with Crippen LogP contribution in [0.1, 0.15) is 17.7 Å². The van der Waals surface area contributed by atoms with Gasteiger partial charge in [0.05, 0.1) is 10.3 Å². The Morgan fingerprint density at radius 1 is 1.27 bits per heavy atom. The average Bonchev–Trinajstić information content (AvgIpc) is 3.27. The van der Waals surface area contributed by atoms with Gasteiger partial charge in [0.25, 0.3) is 0 Å². The van der Waals surface area contributed by atoms with Gasteiger partial charge in [0, 0.05) is 35.4 Å². The predicted molar refractivity (Wildman–Crippen MR) is 108 cm³/mol. The van der Waals surface area contributed by atoms with Crippen LogP contribution in [0.4, 0.5) is 5.69 Å². The minimum atomic E-state index is 0.0225. The van der Waals surface area contributed by atoms with Crippen molar-refractivity contribution in [3.05, 3.63) is 63.5 Å². The van der Waals surface area contributed by atoms with E-state index in [0.717, 1.165) is 28.1 Å². The van der Waals surface area contributed by atoms with Crippen molar-refractivity contribution < 1.29 is 9.53 Å². The van der Waals surface area contributed by atoms with Gasteiger partial charge in [0.15, 0.2) is 0 Å². The number of nitrogens with one attached hydrogen (secondary N) is 1. The van der Waals surface area contributed by atoms with Crippen LogP contribution in [-0.4, -0.2) is 22.3 Å². The number of carbonyl (C=O) groups is 1. The molecule has 0 unspecified atom stereocenters. The molecule has 0 radical (unpaired) electrons. The van der Waals surface area contributed by atoms with Gasteiger partial charge in [-0.3, -0.25) is 9.48 Å². The van der Waals surface area contributed by atoms with E-state index in [1.807, 2.05) is 47.3 Å². The molecule has 2 heterocycles. The summed E-state index contributed by atoms with van der Waals surface area (Å²) in [5, 5.41) is 7.07. The van der Waals surface area contributed by atoms with Gasteiger partial charge in [0.1, 0.15) is 12.4 Å². The van der Waals surface area contributed by atoms with Crippen LogP contribution >= 0.6 is 27.3 Å². The van der Waals surface area contributed by atoms with Gasteiger partial charge < -0.3 is 10.1 Å². The number of thiophene rings is 1. The van der Waals surface area contributed by atoms with Crippen molar-refractivity contribution in [3.8, 4) is 5.75 Å². The fourth-order valence-electron chi connectivity index (χ4n) is 2.49. The Morgan fingerprint density at radius 3 is 2.96 bits per heavy atom. The zero-order chi connectivity index (χ0) is 18.2. The number of hydrogen-bond donors (Lipinski definition) is 1. The van der Waals surface area contributed by atoms with E-state index in [0.29, 0.717) is 19.6 Å². The van der Waals surface area contributed by atoms with Gasteiger partial charge in [-0.2, -0.15) is 5.10 Å². The Bertz CT molecular complexity index is 833. The molecule has 0 bridgehead atoms. The van der Waals surface area contributed by atoms with Crippen molar-refractivity contribution in [1.82, 2.24) is 9.78 Å². The fourth-order valence-corrected chi connectivity index (χ4v) is 4.01. The highest BCUT2D eigenvalue weighted by molar-refractivity contribution is 9.11. The standard InChI is InChI=1S/C19H20BrN3O2S/c20-18-9-8-17(26-18)6-2-7-19(24)22-15-4-1-5-16(14-15)25-13-12-23-11-3-10-21-23/h1,3-5,8-11,14H,2,6-7,12-13H2,(H,22,24). The number of rotatable bonds is 9. The second-order valence-electron chi connectivity index (χ2n) is 5.75. The Morgan fingerprint density at radius 2 is 2.19 bits per heavy atom. The third kappa shape index (κ3) is 6.00. The summed E-state index contributed by atoms with van der Waals surface area (Å²) >= 11 is 5.17. The SMILES string of the molecule is O=C(CCCc1ccc(Br)s1)Nc1cccc(OCCn2cccn2)c1. The number of aryl methyl sites for hydroxylation is 1. The highest BCUT2D eigenvalue weighted by Gasteiger charge is 2.05. The second-order valence-corrected chi connectivity index (χ2v) is 8.30. The van der Waals surface area contributed by atoms with Crippen LogP contribution in [-0.2, 0) is 17.8 Å². The number of aromatic nitrogens is 2. The minimum absolute atomic E-state index is 0.0225. The van der Waals surface area contributed by atoms with E-state index in [2.05, 4.69) is 32.4 Å². The maximum Gasteiger partial charge on any atom is 0.224 e. The van der Waals surface area contributed by atoms with Crippen molar-refractivity contribution in [3.63, 3.8) is 0 Å². The summed E-state index contributed by atoms with van der Waals surface area (Å²) in [4.78, 5) is 13.4. The van der Waals surface area contributed by atoms with Gasteiger partial charge in [0.2, 0.25) is 5.91 Å². The van der Waals surface area contributed by atoms with Gasteiger partial charge in [-0.05, 0) is 59.1 Å². The minimum Gasteiger partial charge on any atom is -0.492 e. The maximum atomic E-state index is 12.1. The molecule has 0 fully saturated rings. The van der Waals surface area contributed by atoms with Crippen LogP contribution in [0.5, 0.6) is 5.75 Å². The summed E-state index contributed by atoms with van der Waals surface area (Å²) in [5.74, 6) is 0.757. The van der Waals surface area contributed by atoms with Crippen molar-refractivity contribution in [2.75, 3.05) is 11.9 Å². The number of benzene rings is 1. The lowest BCUT2D eigenvalue weighted by Gasteiger charge is -2.09. The Balaban J connectivity index is 1.41. The molecule has 0 aliphatic heterocycles. The molecule has 3 aromatic rings. The van der Waals surface area contributed by atoms with Crippen molar-refractivity contribution >= 4 is 38.9 Å². The maximum absolute atomic E-state index is 12.1. The van der Waals surface area contributed by atoms with E-state index in [4.69, 9.17) is 4.74 Å². The molecule has 0 spiro atoms. The fraction of sp³-hybridized carbons (Fsp3) is 0.263. The first kappa shape index (κ1) is 18.7. The molecule has 3 rings (SSSR count). The quantitative estimate of drug-likeness (QED) is 0.529. The Hall–Kier alpha value is -2.12. The van der Waals surface area contributed by atoms with Gasteiger partial charge >= 0.3 is 0 Å². The molecule has 0 atom stereocenters. The molecule has 1 aromatic carbocycles. The molecule has 1 amide bonds. The third-order valence-corrected chi connectivity index (χ3v) is 5.41. The van der Waals surface area contributed by atoms with Gasteiger partial charge in [-0.15, -0.1) is 11.3 Å². The van der Waals surface area contributed by atoms with Crippen molar-refractivity contribution in [2.24, 2.45) is 0 Å². The van der Waals surface area contributed by atoms with E-state index in [-0.39, 0.29) is 5.91 Å². The molecule has 5 nitrogen and oxygen atoms in total. The molecule has 2 aromatic heterocycles. The van der Waals surface area contributed by atoms with Crippen LogP contribution < -0.4 is 10.1 Å². The molecule has 136 valence electrons. The summed E-state index contributed by atoms with van der Waals surface area (Å²) < 4.78 is 8.67. The van der Waals surface area contributed by atoms with Gasteiger partial charge in [-0.1, -0.05) is 6.07 Å². The molecule has 26 heavy (non-hydrogen) atoms. The first-order chi connectivity index (χ1) is 12.7. The molecule has 0 aliphatic carbocycles. The number of amides is 1. The van der Waals surface area contributed by atoms with Gasteiger partial charge in [-0.25, -0.2) is 0 Å². The second kappa shape index (κ2) is 9.54. The number of hydrogen-bond acceptors (Lipinski definition) is 4. The summed E-state index contributed by atoms with van der Waals surface area (Å²) in [6.07, 6.45) is 5.89. The number of halogens is 1. The average molecular weight is 434 g/mol. The third-order valence-electron chi connectivity index (χ3n) is 3.72. The number of anilines is 1. The monoisotopic (exact) mass is 433 g/mol. The lowest BCUT2D eigenvalue weighted by atomic mass is 10.2.